The van der Waals surface area contributed by atoms with Gasteiger partial charge >= 0.3 is 5.97 Å². The van der Waals surface area contributed by atoms with E-state index in [0.29, 0.717) is 10.6 Å². The van der Waals surface area contributed by atoms with Crippen LogP contribution in [0.25, 0.3) is 0 Å². The van der Waals surface area contributed by atoms with Gasteiger partial charge in [0.2, 0.25) is 0 Å². The molecule has 1 aliphatic heterocycles. The first-order chi connectivity index (χ1) is 9.84. The third-order valence-electron chi connectivity index (χ3n) is 3.99. The van der Waals surface area contributed by atoms with Crippen LogP contribution in [0.5, 0.6) is 0 Å². The molecule has 1 heterocycles. The van der Waals surface area contributed by atoms with Gasteiger partial charge in [0.25, 0.3) is 5.92 Å². The molecule has 0 saturated carbocycles. The van der Waals surface area contributed by atoms with E-state index in [0.717, 1.165) is 0 Å². The first-order valence-corrected chi connectivity index (χ1v) is 7.29. The molecule has 0 aliphatic carbocycles. The maximum atomic E-state index is 13.5. The summed E-state index contributed by atoms with van der Waals surface area (Å²) in [5, 5.41) is 9.84. The fourth-order valence-electron chi connectivity index (χ4n) is 2.79. The normalized spacial score (nSPS) is 23.4. The van der Waals surface area contributed by atoms with Crippen LogP contribution in [-0.4, -0.2) is 41.5 Å². The molecule has 2 rings (SSSR count). The molecule has 0 spiro atoms. The number of likely N-dealkylation sites (tertiary alicyclic amines) is 1. The second-order valence-corrected chi connectivity index (χ2v) is 5.88. The second kappa shape index (κ2) is 6.28. The van der Waals surface area contributed by atoms with E-state index in [-0.39, 0.29) is 25.4 Å². The van der Waals surface area contributed by atoms with Crippen LogP contribution in [0.4, 0.5) is 8.78 Å². The van der Waals surface area contributed by atoms with Gasteiger partial charge in [0.15, 0.2) is 0 Å². The van der Waals surface area contributed by atoms with Crippen molar-refractivity contribution in [2.24, 2.45) is 5.92 Å². The van der Waals surface area contributed by atoms with Gasteiger partial charge in [-0.15, -0.1) is 0 Å². The van der Waals surface area contributed by atoms with E-state index in [1.165, 1.54) is 11.8 Å². The molecular formula is C15H18ClF2NO2. The van der Waals surface area contributed by atoms with Crippen LogP contribution in [-0.2, 0) is 4.79 Å². The number of benzene rings is 1. The van der Waals surface area contributed by atoms with Crippen LogP contribution in [0.3, 0.4) is 0 Å². The summed E-state index contributed by atoms with van der Waals surface area (Å²) in [4.78, 5) is 12.9. The van der Waals surface area contributed by atoms with Gasteiger partial charge in [0.05, 0.1) is 12.5 Å². The van der Waals surface area contributed by atoms with Gasteiger partial charge in [-0.3, -0.25) is 9.69 Å². The Balaban J connectivity index is 2.21. The van der Waals surface area contributed by atoms with Crippen molar-refractivity contribution in [3.8, 4) is 0 Å². The fourth-order valence-corrected chi connectivity index (χ4v) is 3.07. The van der Waals surface area contributed by atoms with Crippen molar-refractivity contribution in [1.29, 1.82) is 0 Å². The van der Waals surface area contributed by atoms with E-state index in [2.05, 4.69) is 0 Å². The zero-order chi connectivity index (χ0) is 15.6. The highest BCUT2D eigenvalue weighted by Crippen LogP contribution is 2.37. The summed E-state index contributed by atoms with van der Waals surface area (Å²) in [5.41, 5.74) is 0.717. The first kappa shape index (κ1) is 16.2. The van der Waals surface area contributed by atoms with E-state index in [1.807, 2.05) is 0 Å². The smallest absolute Gasteiger partial charge is 0.308 e. The number of carboxylic acids is 1. The Morgan fingerprint density at radius 2 is 2.10 bits per heavy atom. The number of alkyl halides is 2. The molecule has 1 aliphatic rings. The Hall–Kier alpha value is -1.20. The van der Waals surface area contributed by atoms with Crippen molar-refractivity contribution >= 4 is 17.6 Å². The van der Waals surface area contributed by atoms with Crippen molar-refractivity contribution < 1.29 is 18.7 Å². The predicted molar refractivity (Wildman–Crippen MR) is 77.0 cm³/mol. The molecule has 1 fully saturated rings. The van der Waals surface area contributed by atoms with Gasteiger partial charge in [-0.1, -0.05) is 36.7 Å². The van der Waals surface area contributed by atoms with Crippen LogP contribution in [0.2, 0.25) is 5.02 Å². The van der Waals surface area contributed by atoms with E-state index < -0.39 is 24.4 Å². The molecule has 3 nitrogen and oxygen atoms in total. The molecule has 0 amide bonds. The van der Waals surface area contributed by atoms with Crippen LogP contribution in [0.1, 0.15) is 24.8 Å². The maximum Gasteiger partial charge on any atom is 0.308 e. The zero-order valence-corrected chi connectivity index (χ0v) is 12.5. The van der Waals surface area contributed by atoms with Crippen LogP contribution >= 0.6 is 11.6 Å². The molecule has 116 valence electrons. The highest BCUT2D eigenvalue weighted by molar-refractivity contribution is 6.31. The summed E-state index contributed by atoms with van der Waals surface area (Å²) in [7, 11) is 0. The van der Waals surface area contributed by atoms with Gasteiger partial charge in [0.1, 0.15) is 0 Å². The van der Waals surface area contributed by atoms with Crippen molar-refractivity contribution in [3.05, 3.63) is 34.9 Å². The predicted octanol–water partition coefficient (Wildman–Crippen LogP) is 3.49. The van der Waals surface area contributed by atoms with Crippen molar-refractivity contribution in [3.63, 3.8) is 0 Å². The zero-order valence-electron chi connectivity index (χ0n) is 11.7. The number of hydrogen-bond acceptors (Lipinski definition) is 2. The maximum absolute atomic E-state index is 13.5. The standard InChI is InChI=1S/C15H18ClF2NO2/c1-2-15(17,18)9-19-7-11(12(8-19)14(20)21)10-5-3-4-6-13(10)16/h3-6,11-12H,2,7-9H2,1H3,(H,20,21)/t11-,12-/m0/s1. The second-order valence-electron chi connectivity index (χ2n) is 5.48. The molecule has 0 bridgehead atoms. The van der Waals surface area contributed by atoms with Gasteiger partial charge in [-0.2, -0.15) is 0 Å². The van der Waals surface area contributed by atoms with Crippen LogP contribution < -0.4 is 0 Å². The third kappa shape index (κ3) is 3.71. The quantitative estimate of drug-likeness (QED) is 0.904. The number of carboxylic acid groups (broad SMARTS) is 1. The third-order valence-corrected chi connectivity index (χ3v) is 4.33. The Labute approximate surface area is 127 Å². The van der Waals surface area contributed by atoms with Crippen molar-refractivity contribution in [1.82, 2.24) is 4.90 Å². The minimum Gasteiger partial charge on any atom is -0.481 e. The molecule has 0 radical (unpaired) electrons. The van der Waals surface area contributed by atoms with Gasteiger partial charge in [-0.25, -0.2) is 8.78 Å². The molecular weight excluding hydrogens is 300 g/mol. The van der Waals surface area contributed by atoms with Gasteiger partial charge in [-0.05, 0) is 11.6 Å². The Morgan fingerprint density at radius 3 is 2.67 bits per heavy atom. The SMILES string of the molecule is CCC(F)(F)CN1C[C@H](C(=O)O)[C@H](c2ccccc2Cl)C1. The average molecular weight is 318 g/mol. The summed E-state index contributed by atoms with van der Waals surface area (Å²) in [6.45, 7) is 1.43. The topological polar surface area (TPSA) is 40.5 Å². The van der Waals surface area contributed by atoms with Crippen molar-refractivity contribution in [2.75, 3.05) is 19.6 Å². The number of hydrogen-bond donors (Lipinski definition) is 1. The molecule has 1 saturated heterocycles. The van der Waals surface area contributed by atoms with E-state index in [9.17, 15) is 18.7 Å². The number of nitrogens with zero attached hydrogens (tertiary/aromatic N) is 1. The lowest BCUT2D eigenvalue weighted by Crippen LogP contribution is -2.35. The summed E-state index contributed by atoms with van der Waals surface area (Å²) in [5.74, 6) is -4.83. The fraction of sp³-hybridized carbons (Fsp3) is 0.533. The van der Waals surface area contributed by atoms with Crippen molar-refractivity contribution in [2.45, 2.75) is 25.2 Å². The highest BCUT2D eigenvalue weighted by atomic mass is 35.5. The number of halogens is 3. The summed E-state index contributed by atoms with van der Waals surface area (Å²) >= 11 is 6.12. The summed E-state index contributed by atoms with van der Waals surface area (Å²) in [6, 6.07) is 7.01. The average Bonchev–Trinajstić information content (AvgIpc) is 2.82. The Kier molecular flexibility index (Phi) is 4.84. The minimum absolute atomic E-state index is 0.126. The van der Waals surface area contributed by atoms with E-state index >= 15 is 0 Å². The lowest BCUT2D eigenvalue weighted by Gasteiger charge is -2.22. The largest absolute Gasteiger partial charge is 0.481 e. The van der Waals surface area contributed by atoms with Crippen LogP contribution in [0, 0.1) is 5.92 Å². The Morgan fingerprint density at radius 1 is 1.43 bits per heavy atom. The summed E-state index contributed by atoms with van der Waals surface area (Å²) in [6.07, 6.45) is -0.252. The molecule has 6 heteroatoms. The molecule has 0 unspecified atom stereocenters. The van der Waals surface area contributed by atoms with Gasteiger partial charge in [0, 0.05) is 30.5 Å². The molecule has 1 aromatic carbocycles. The Bertz CT molecular complexity index is 524. The number of aliphatic carboxylic acids is 1. The molecule has 0 aromatic heterocycles. The molecule has 1 N–H and O–H groups in total. The van der Waals surface area contributed by atoms with Crippen LogP contribution in [0.15, 0.2) is 24.3 Å². The molecule has 1 aromatic rings. The first-order valence-electron chi connectivity index (χ1n) is 6.91. The number of carbonyl (C=O) groups is 1. The highest BCUT2D eigenvalue weighted by Gasteiger charge is 2.42. The number of rotatable bonds is 5. The van der Waals surface area contributed by atoms with E-state index in [1.54, 1.807) is 24.3 Å². The lowest BCUT2D eigenvalue weighted by atomic mass is 9.89. The molecule has 21 heavy (non-hydrogen) atoms. The lowest BCUT2D eigenvalue weighted by molar-refractivity contribution is -0.141. The summed E-state index contributed by atoms with van der Waals surface area (Å²) < 4.78 is 27.1. The van der Waals surface area contributed by atoms with E-state index in [4.69, 9.17) is 11.6 Å². The molecule has 2 atom stereocenters. The monoisotopic (exact) mass is 317 g/mol. The van der Waals surface area contributed by atoms with Gasteiger partial charge < -0.3 is 5.11 Å². The minimum atomic E-state index is -2.79.